The van der Waals surface area contributed by atoms with Crippen LogP contribution >= 0.6 is 0 Å². The summed E-state index contributed by atoms with van der Waals surface area (Å²) < 4.78 is 13.7. The average Bonchev–Trinajstić information content (AvgIpc) is 2.29. The molecular weight excluding hydrogens is 241 g/mol. The van der Waals surface area contributed by atoms with Crippen molar-refractivity contribution < 1.29 is 9.50 Å². The van der Waals surface area contributed by atoms with E-state index in [-0.39, 0.29) is 5.82 Å². The first-order valence-corrected chi connectivity index (χ1v) is 6.95. The highest BCUT2D eigenvalue weighted by Gasteiger charge is 2.18. The number of aliphatic hydroxyl groups is 1. The molecule has 0 heterocycles. The fourth-order valence-corrected chi connectivity index (χ4v) is 2.40. The van der Waals surface area contributed by atoms with Gasteiger partial charge in [-0.25, -0.2) is 4.39 Å². The molecule has 0 saturated heterocycles. The first kappa shape index (κ1) is 16.0. The van der Waals surface area contributed by atoms with Gasteiger partial charge in [-0.15, -0.1) is 0 Å². The molecule has 2 nitrogen and oxygen atoms in total. The van der Waals surface area contributed by atoms with Crippen LogP contribution in [-0.4, -0.2) is 18.2 Å². The number of benzene rings is 1. The van der Waals surface area contributed by atoms with Crippen molar-refractivity contribution in [2.24, 2.45) is 5.92 Å². The Kier molecular flexibility index (Phi) is 5.36. The minimum atomic E-state index is -0.668. The van der Waals surface area contributed by atoms with Gasteiger partial charge in [-0.05, 0) is 50.8 Å². The Labute approximate surface area is 116 Å². The maximum atomic E-state index is 13.7. The molecule has 1 aromatic rings. The summed E-state index contributed by atoms with van der Waals surface area (Å²) in [5, 5.41) is 9.84. The Hall–Kier alpha value is -1.09. The average molecular weight is 267 g/mol. The van der Waals surface area contributed by atoms with Gasteiger partial charge in [0.25, 0.3) is 0 Å². The van der Waals surface area contributed by atoms with E-state index in [2.05, 4.69) is 25.7 Å². The smallest absolute Gasteiger partial charge is 0.126 e. The molecule has 0 aliphatic rings. The van der Waals surface area contributed by atoms with Crippen LogP contribution in [-0.2, 0) is 0 Å². The fourth-order valence-electron chi connectivity index (χ4n) is 2.40. The number of aryl methyl sites for hydroxylation is 1. The van der Waals surface area contributed by atoms with Gasteiger partial charge < -0.3 is 10.0 Å². The number of nitrogens with zero attached hydrogens (tertiary/aromatic N) is 1. The largest absolute Gasteiger partial charge is 0.389 e. The zero-order chi connectivity index (χ0) is 14.7. The van der Waals surface area contributed by atoms with Gasteiger partial charge in [0.1, 0.15) is 5.82 Å². The molecule has 0 aliphatic carbocycles. The molecule has 2 atom stereocenters. The van der Waals surface area contributed by atoms with Gasteiger partial charge in [0.15, 0.2) is 0 Å². The van der Waals surface area contributed by atoms with Gasteiger partial charge in [0, 0.05) is 24.3 Å². The van der Waals surface area contributed by atoms with E-state index in [4.69, 9.17) is 0 Å². The van der Waals surface area contributed by atoms with E-state index in [0.29, 0.717) is 23.1 Å². The van der Waals surface area contributed by atoms with Crippen molar-refractivity contribution in [3.05, 3.63) is 29.1 Å². The van der Waals surface area contributed by atoms with Crippen molar-refractivity contribution in [2.75, 3.05) is 11.9 Å². The summed E-state index contributed by atoms with van der Waals surface area (Å²) in [4.78, 5) is 2.13. The first-order chi connectivity index (χ1) is 8.73. The molecule has 0 fully saturated rings. The number of halogens is 1. The van der Waals surface area contributed by atoms with E-state index in [1.165, 1.54) is 6.07 Å². The van der Waals surface area contributed by atoms with Gasteiger partial charge in [-0.1, -0.05) is 13.8 Å². The third-order valence-electron chi connectivity index (χ3n) is 3.61. The monoisotopic (exact) mass is 267 g/mol. The van der Waals surface area contributed by atoms with Crippen molar-refractivity contribution in [1.29, 1.82) is 0 Å². The Bertz CT molecular complexity index is 429. The standard InChI is InChI=1S/C16H26FNO/c1-10(2)7-12(4)18(6)16-8-11(3)15(17)9-14(16)13(5)19/h8-10,12-13,19H,7H2,1-6H3/t12?,13-/m0/s1. The van der Waals surface area contributed by atoms with Crippen molar-refractivity contribution in [3.8, 4) is 0 Å². The quantitative estimate of drug-likeness (QED) is 0.869. The van der Waals surface area contributed by atoms with Crippen LogP contribution in [0.15, 0.2) is 12.1 Å². The summed E-state index contributed by atoms with van der Waals surface area (Å²) in [7, 11) is 2.01. The number of hydrogen-bond donors (Lipinski definition) is 1. The number of hydrogen-bond acceptors (Lipinski definition) is 2. The van der Waals surface area contributed by atoms with Crippen molar-refractivity contribution in [3.63, 3.8) is 0 Å². The summed E-state index contributed by atoms with van der Waals surface area (Å²) in [6.45, 7) is 9.97. The van der Waals surface area contributed by atoms with Gasteiger partial charge >= 0.3 is 0 Å². The summed E-state index contributed by atoms with van der Waals surface area (Å²) in [6, 6.07) is 3.63. The minimum Gasteiger partial charge on any atom is -0.389 e. The first-order valence-electron chi connectivity index (χ1n) is 6.95. The lowest BCUT2D eigenvalue weighted by molar-refractivity contribution is 0.199. The lowest BCUT2D eigenvalue weighted by atomic mass is 10.00. The Morgan fingerprint density at radius 2 is 1.79 bits per heavy atom. The van der Waals surface area contributed by atoms with Crippen LogP contribution in [0.5, 0.6) is 0 Å². The second-order valence-electron chi connectivity index (χ2n) is 5.93. The summed E-state index contributed by atoms with van der Waals surface area (Å²) >= 11 is 0. The lowest BCUT2D eigenvalue weighted by Gasteiger charge is -2.31. The van der Waals surface area contributed by atoms with E-state index in [9.17, 15) is 9.50 Å². The summed E-state index contributed by atoms with van der Waals surface area (Å²) in [6.07, 6.45) is 0.394. The van der Waals surface area contributed by atoms with Gasteiger partial charge in [0.2, 0.25) is 0 Å². The molecule has 0 bridgehead atoms. The SMILES string of the molecule is Cc1cc(N(C)C(C)CC(C)C)c([C@H](C)O)cc1F. The van der Waals surface area contributed by atoms with Crippen LogP contribution < -0.4 is 4.90 Å². The van der Waals surface area contributed by atoms with Gasteiger partial charge in [0.05, 0.1) is 6.10 Å². The fraction of sp³-hybridized carbons (Fsp3) is 0.625. The van der Waals surface area contributed by atoms with Crippen LogP contribution in [0, 0.1) is 18.7 Å². The van der Waals surface area contributed by atoms with Crippen molar-refractivity contribution >= 4 is 5.69 Å². The molecule has 1 aromatic carbocycles. The molecule has 1 unspecified atom stereocenters. The predicted molar refractivity (Wildman–Crippen MR) is 79.1 cm³/mol. The van der Waals surface area contributed by atoms with Gasteiger partial charge in [-0.3, -0.25) is 0 Å². The maximum absolute atomic E-state index is 13.7. The molecule has 0 saturated carbocycles. The molecule has 3 heteroatoms. The van der Waals surface area contributed by atoms with Crippen LogP contribution in [0.4, 0.5) is 10.1 Å². The van der Waals surface area contributed by atoms with Gasteiger partial charge in [-0.2, -0.15) is 0 Å². The van der Waals surface area contributed by atoms with E-state index < -0.39 is 6.10 Å². The number of rotatable bonds is 5. The molecule has 19 heavy (non-hydrogen) atoms. The van der Waals surface area contributed by atoms with Crippen molar-refractivity contribution in [2.45, 2.75) is 53.2 Å². The molecule has 1 N–H and O–H groups in total. The van der Waals surface area contributed by atoms with E-state index in [1.54, 1.807) is 13.8 Å². The second-order valence-corrected chi connectivity index (χ2v) is 5.93. The Balaban J connectivity index is 3.13. The third kappa shape index (κ3) is 3.93. The zero-order valence-corrected chi connectivity index (χ0v) is 12.9. The number of aliphatic hydroxyl groups excluding tert-OH is 1. The second kappa shape index (κ2) is 6.38. The molecule has 1 rings (SSSR count). The molecule has 108 valence electrons. The van der Waals surface area contributed by atoms with E-state index >= 15 is 0 Å². The Morgan fingerprint density at radius 3 is 2.26 bits per heavy atom. The summed E-state index contributed by atoms with van der Waals surface area (Å²) in [5.74, 6) is 0.346. The maximum Gasteiger partial charge on any atom is 0.126 e. The molecular formula is C16H26FNO. The number of anilines is 1. The molecule has 0 amide bonds. The zero-order valence-electron chi connectivity index (χ0n) is 12.9. The third-order valence-corrected chi connectivity index (χ3v) is 3.61. The van der Waals surface area contributed by atoms with Crippen LogP contribution in [0.1, 0.15) is 51.3 Å². The highest BCUT2D eigenvalue weighted by Crippen LogP contribution is 2.30. The topological polar surface area (TPSA) is 23.5 Å². The Morgan fingerprint density at radius 1 is 1.21 bits per heavy atom. The minimum absolute atomic E-state index is 0.260. The van der Waals surface area contributed by atoms with Crippen molar-refractivity contribution in [1.82, 2.24) is 0 Å². The molecule has 0 radical (unpaired) electrons. The van der Waals surface area contributed by atoms with Crippen LogP contribution in [0.2, 0.25) is 0 Å². The van der Waals surface area contributed by atoms with Crippen LogP contribution in [0.25, 0.3) is 0 Å². The predicted octanol–water partition coefficient (Wildman–Crippen LogP) is 4.06. The lowest BCUT2D eigenvalue weighted by Crippen LogP contribution is -2.31. The highest BCUT2D eigenvalue weighted by molar-refractivity contribution is 5.56. The normalized spacial score (nSPS) is 14.6. The molecule has 0 spiro atoms. The van der Waals surface area contributed by atoms with E-state index in [1.807, 2.05) is 13.1 Å². The van der Waals surface area contributed by atoms with E-state index in [0.717, 1.165) is 12.1 Å². The summed E-state index contributed by atoms with van der Waals surface area (Å²) in [5.41, 5.74) is 2.19. The van der Waals surface area contributed by atoms with Crippen LogP contribution in [0.3, 0.4) is 0 Å². The highest BCUT2D eigenvalue weighted by atomic mass is 19.1. The molecule has 0 aliphatic heterocycles. The molecule has 0 aromatic heterocycles.